The number of hydrogen-bond acceptors (Lipinski definition) is 5. The number of hydrogen-bond donors (Lipinski definition) is 0. The number of benzene rings is 1. The summed E-state index contributed by atoms with van der Waals surface area (Å²) < 4.78 is 1.38. The van der Waals surface area contributed by atoms with Crippen molar-refractivity contribution in [1.29, 1.82) is 5.26 Å². The number of nitrogens with zero attached hydrogens (tertiary/aromatic N) is 5. The average Bonchev–Trinajstić information content (AvgIpc) is 2.81. The lowest BCUT2D eigenvalue weighted by molar-refractivity contribution is -0.385. The monoisotopic (exact) mass is 215 g/mol. The van der Waals surface area contributed by atoms with Gasteiger partial charge in [-0.3, -0.25) is 10.1 Å². The molecule has 7 heteroatoms. The van der Waals surface area contributed by atoms with Crippen LogP contribution in [0.5, 0.6) is 0 Å². The molecule has 1 heterocycles. The second-order valence-electron chi connectivity index (χ2n) is 2.91. The van der Waals surface area contributed by atoms with Crippen LogP contribution in [0.2, 0.25) is 0 Å². The minimum atomic E-state index is -0.598. The van der Waals surface area contributed by atoms with Crippen molar-refractivity contribution >= 4 is 5.69 Å². The molecule has 0 amide bonds. The molecule has 0 saturated heterocycles. The quantitative estimate of drug-likeness (QED) is 0.550. The molecule has 0 spiro atoms. The molecule has 7 nitrogen and oxygen atoms in total. The van der Waals surface area contributed by atoms with Crippen LogP contribution in [0, 0.1) is 21.4 Å². The van der Waals surface area contributed by atoms with E-state index >= 15 is 0 Å². The van der Waals surface area contributed by atoms with Crippen LogP contribution < -0.4 is 0 Å². The Morgan fingerprint density at radius 3 is 2.88 bits per heavy atom. The van der Waals surface area contributed by atoms with Crippen molar-refractivity contribution < 1.29 is 4.92 Å². The van der Waals surface area contributed by atoms with Crippen molar-refractivity contribution in [1.82, 2.24) is 14.8 Å². The third-order valence-electron chi connectivity index (χ3n) is 1.98. The molecular formula is C9H5N5O2. The molecule has 1 aromatic heterocycles. The van der Waals surface area contributed by atoms with Gasteiger partial charge in [-0.15, -0.1) is 0 Å². The van der Waals surface area contributed by atoms with Crippen LogP contribution in [0.15, 0.2) is 30.9 Å². The van der Waals surface area contributed by atoms with Gasteiger partial charge in [-0.05, 0) is 12.1 Å². The smallest absolute Gasteiger partial charge is 0.258 e. The molecular weight excluding hydrogens is 210 g/mol. The summed E-state index contributed by atoms with van der Waals surface area (Å²) in [5, 5.41) is 23.3. The summed E-state index contributed by atoms with van der Waals surface area (Å²) in [5.74, 6) is 0. The number of nitro benzene ring substituents is 1. The molecule has 0 radical (unpaired) electrons. The van der Waals surface area contributed by atoms with Crippen LogP contribution in [0.3, 0.4) is 0 Å². The average molecular weight is 215 g/mol. The Kier molecular flexibility index (Phi) is 2.31. The fraction of sp³-hybridized carbons (Fsp3) is 0. The van der Waals surface area contributed by atoms with E-state index in [4.69, 9.17) is 5.26 Å². The van der Waals surface area contributed by atoms with Crippen LogP contribution in [0.25, 0.3) is 5.69 Å². The Bertz CT molecular complexity index is 570. The van der Waals surface area contributed by atoms with Gasteiger partial charge in [0.25, 0.3) is 5.69 Å². The van der Waals surface area contributed by atoms with Crippen molar-refractivity contribution in [3.63, 3.8) is 0 Å². The topological polar surface area (TPSA) is 97.6 Å². The first-order valence-corrected chi connectivity index (χ1v) is 4.26. The third-order valence-corrected chi connectivity index (χ3v) is 1.98. The van der Waals surface area contributed by atoms with E-state index in [-0.39, 0.29) is 11.3 Å². The van der Waals surface area contributed by atoms with E-state index in [2.05, 4.69) is 10.1 Å². The minimum absolute atomic E-state index is 0.0221. The second-order valence-corrected chi connectivity index (χ2v) is 2.91. The predicted octanol–water partition coefficient (Wildman–Crippen LogP) is 1.05. The van der Waals surface area contributed by atoms with Gasteiger partial charge in [0, 0.05) is 6.07 Å². The molecule has 0 unspecified atom stereocenters. The summed E-state index contributed by atoms with van der Waals surface area (Å²) in [6.07, 6.45) is 2.75. The van der Waals surface area contributed by atoms with Crippen molar-refractivity contribution in [2.24, 2.45) is 0 Å². The normalized spacial score (nSPS) is 9.69. The largest absolute Gasteiger partial charge is 0.289 e. The van der Waals surface area contributed by atoms with Gasteiger partial charge in [0.15, 0.2) is 0 Å². The highest BCUT2D eigenvalue weighted by molar-refractivity contribution is 5.54. The van der Waals surface area contributed by atoms with Crippen molar-refractivity contribution in [3.05, 3.63) is 46.5 Å². The van der Waals surface area contributed by atoms with E-state index in [0.717, 1.165) is 0 Å². The maximum absolute atomic E-state index is 10.7. The fourth-order valence-electron chi connectivity index (χ4n) is 1.25. The molecule has 0 N–H and O–H groups in total. The standard InChI is InChI=1S/C9H5N5O2/c10-4-7-1-2-8(3-9(7)14(15)16)13-6-11-5-12-13/h1-3,5-6H. The SMILES string of the molecule is N#Cc1ccc(-n2cncn2)cc1[N+](=O)[O-]. The van der Waals surface area contributed by atoms with E-state index in [9.17, 15) is 10.1 Å². The van der Waals surface area contributed by atoms with Gasteiger partial charge in [0.05, 0.1) is 10.6 Å². The maximum atomic E-state index is 10.7. The Hall–Kier alpha value is -2.75. The highest BCUT2D eigenvalue weighted by atomic mass is 16.6. The zero-order chi connectivity index (χ0) is 11.5. The Morgan fingerprint density at radius 1 is 1.50 bits per heavy atom. The molecule has 0 bridgehead atoms. The first-order chi connectivity index (χ1) is 7.72. The third kappa shape index (κ3) is 1.59. The van der Waals surface area contributed by atoms with Crippen LogP contribution >= 0.6 is 0 Å². The molecule has 0 aliphatic heterocycles. The van der Waals surface area contributed by atoms with Crippen molar-refractivity contribution in [2.75, 3.05) is 0 Å². The zero-order valence-electron chi connectivity index (χ0n) is 7.94. The molecule has 16 heavy (non-hydrogen) atoms. The van der Waals surface area contributed by atoms with Gasteiger partial charge in [-0.2, -0.15) is 10.4 Å². The lowest BCUT2D eigenvalue weighted by atomic mass is 10.2. The lowest BCUT2D eigenvalue weighted by Crippen LogP contribution is -1.98. The lowest BCUT2D eigenvalue weighted by Gasteiger charge is -2.00. The molecule has 0 atom stereocenters. The Balaban J connectivity index is 2.57. The summed E-state index contributed by atoms with van der Waals surface area (Å²) in [4.78, 5) is 13.8. The van der Waals surface area contributed by atoms with Gasteiger partial charge in [0.2, 0.25) is 0 Å². The molecule has 0 fully saturated rings. The molecule has 0 aliphatic rings. The minimum Gasteiger partial charge on any atom is -0.258 e. The van der Waals surface area contributed by atoms with Gasteiger partial charge >= 0.3 is 0 Å². The van der Waals surface area contributed by atoms with Crippen LogP contribution in [0.1, 0.15) is 5.56 Å². The van der Waals surface area contributed by atoms with Gasteiger partial charge in [-0.25, -0.2) is 9.67 Å². The van der Waals surface area contributed by atoms with Crippen molar-refractivity contribution in [2.45, 2.75) is 0 Å². The Morgan fingerprint density at radius 2 is 2.31 bits per heavy atom. The van der Waals surface area contributed by atoms with E-state index < -0.39 is 4.92 Å². The summed E-state index contributed by atoms with van der Waals surface area (Å²) in [6, 6.07) is 6.00. The first-order valence-electron chi connectivity index (χ1n) is 4.26. The highest BCUT2D eigenvalue weighted by Crippen LogP contribution is 2.20. The summed E-state index contributed by atoms with van der Waals surface area (Å²) in [5.41, 5.74) is 0.271. The number of nitro groups is 1. The van der Waals surface area contributed by atoms with Crippen LogP contribution in [-0.2, 0) is 0 Å². The molecule has 1 aromatic carbocycles. The first kappa shape index (κ1) is 9.79. The second kappa shape index (κ2) is 3.78. The maximum Gasteiger partial charge on any atom is 0.289 e. The van der Waals surface area contributed by atoms with Crippen LogP contribution in [-0.4, -0.2) is 19.7 Å². The van der Waals surface area contributed by atoms with E-state index in [0.29, 0.717) is 5.69 Å². The van der Waals surface area contributed by atoms with Crippen molar-refractivity contribution in [3.8, 4) is 11.8 Å². The number of nitriles is 1. The van der Waals surface area contributed by atoms with E-state index in [1.807, 2.05) is 0 Å². The van der Waals surface area contributed by atoms with E-state index in [1.54, 1.807) is 12.1 Å². The number of rotatable bonds is 2. The summed E-state index contributed by atoms with van der Waals surface area (Å²) in [7, 11) is 0. The zero-order valence-corrected chi connectivity index (χ0v) is 7.94. The molecule has 2 rings (SSSR count). The van der Waals surface area contributed by atoms with E-state index in [1.165, 1.54) is 29.5 Å². The highest BCUT2D eigenvalue weighted by Gasteiger charge is 2.14. The summed E-state index contributed by atoms with van der Waals surface area (Å²) in [6.45, 7) is 0. The molecule has 0 aliphatic carbocycles. The summed E-state index contributed by atoms with van der Waals surface area (Å²) >= 11 is 0. The molecule has 0 saturated carbocycles. The molecule has 78 valence electrons. The van der Waals surface area contributed by atoms with Gasteiger partial charge in [0.1, 0.15) is 24.3 Å². The van der Waals surface area contributed by atoms with Crippen LogP contribution in [0.4, 0.5) is 5.69 Å². The number of aromatic nitrogens is 3. The fourth-order valence-corrected chi connectivity index (χ4v) is 1.25. The predicted molar refractivity (Wildman–Crippen MR) is 52.7 cm³/mol. The molecule has 2 aromatic rings. The van der Waals surface area contributed by atoms with Gasteiger partial charge in [-0.1, -0.05) is 0 Å². The Labute approximate surface area is 89.7 Å². The van der Waals surface area contributed by atoms with Gasteiger partial charge < -0.3 is 0 Å².